The molecular weight excluding hydrogens is 489 g/mol. The van der Waals surface area contributed by atoms with Crippen molar-refractivity contribution < 1.29 is 14.2 Å². The number of ether oxygens (including phenoxy) is 3. The van der Waals surface area contributed by atoms with Crippen LogP contribution in [0.4, 0.5) is 0 Å². The molecule has 0 atom stereocenters. The van der Waals surface area contributed by atoms with Gasteiger partial charge in [-0.3, -0.25) is 0 Å². The van der Waals surface area contributed by atoms with Crippen molar-refractivity contribution >= 4 is 39.1 Å². The topological polar surface area (TPSA) is 39.7 Å². The quantitative estimate of drug-likeness (QED) is 0.350. The number of rotatable bonds is 9. The Kier molecular flexibility index (Phi) is 8.28. The molecule has 3 aromatic carbocycles. The van der Waals surface area contributed by atoms with E-state index in [1.54, 1.807) is 26.4 Å². The highest BCUT2D eigenvalue weighted by atomic mass is 79.9. The van der Waals surface area contributed by atoms with Crippen molar-refractivity contribution in [1.82, 2.24) is 5.32 Å². The van der Waals surface area contributed by atoms with E-state index >= 15 is 0 Å². The zero-order valence-corrected chi connectivity index (χ0v) is 19.8. The van der Waals surface area contributed by atoms with Gasteiger partial charge in [-0.1, -0.05) is 47.5 Å². The molecule has 0 saturated carbocycles. The van der Waals surface area contributed by atoms with Crippen molar-refractivity contribution in [2.24, 2.45) is 0 Å². The van der Waals surface area contributed by atoms with E-state index in [4.69, 9.17) is 37.4 Å². The van der Waals surface area contributed by atoms with Gasteiger partial charge >= 0.3 is 0 Å². The van der Waals surface area contributed by atoms with Crippen LogP contribution in [-0.2, 0) is 19.7 Å². The molecule has 3 aromatic rings. The smallest absolute Gasteiger partial charge is 0.175 e. The molecule has 30 heavy (non-hydrogen) atoms. The van der Waals surface area contributed by atoms with Crippen LogP contribution in [0.25, 0.3) is 0 Å². The van der Waals surface area contributed by atoms with Gasteiger partial charge in [-0.05, 0) is 51.8 Å². The molecule has 158 valence electrons. The fourth-order valence-electron chi connectivity index (χ4n) is 2.99. The fourth-order valence-corrected chi connectivity index (χ4v) is 4.06. The summed E-state index contributed by atoms with van der Waals surface area (Å²) in [5.41, 5.74) is 3.01. The first-order valence-corrected chi connectivity index (χ1v) is 10.8. The first kappa shape index (κ1) is 22.8. The average molecular weight is 511 g/mol. The summed E-state index contributed by atoms with van der Waals surface area (Å²) in [6.45, 7) is 1.66. The third-order valence-electron chi connectivity index (χ3n) is 4.51. The summed E-state index contributed by atoms with van der Waals surface area (Å²) in [6.07, 6.45) is 0. The molecule has 0 saturated heterocycles. The van der Waals surface area contributed by atoms with Crippen LogP contribution >= 0.6 is 39.1 Å². The van der Waals surface area contributed by atoms with E-state index in [9.17, 15) is 0 Å². The normalized spacial score (nSPS) is 10.7. The number of hydrogen-bond donors (Lipinski definition) is 1. The predicted octanol–water partition coefficient (Wildman–Crippen LogP) is 6.64. The molecule has 3 rings (SSSR count). The van der Waals surface area contributed by atoms with Crippen LogP contribution in [-0.4, -0.2) is 14.2 Å². The molecule has 1 N–H and O–H groups in total. The van der Waals surface area contributed by atoms with E-state index in [0.717, 1.165) is 26.9 Å². The Labute approximate surface area is 195 Å². The summed E-state index contributed by atoms with van der Waals surface area (Å²) in [7, 11) is 3.30. The van der Waals surface area contributed by atoms with Crippen LogP contribution in [0.15, 0.2) is 59.1 Å². The van der Waals surface area contributed by atoms with Crippen LogP contribution < -0.4 is 19.5 Å². The van der Waals surface area contributed by atoms with Crippen molar-refractivity contribution in [2.75, 3.05) is 14.2 Å². The summed E-state index contributed by atoms with van der Waals surface area (Å²) in [4.78, 5) is 0. The molecule has 0 heterocycles. The van der Waals surface area contributed by atoms with Crippen molar-refractivity contribution in [2.45, 2.75) is 19.7 Å². The summed E-state index contributed by atoms with van der Waals surface area (Å²) in [5.74, 6) is 2.13. The SMILES string of the molecule is COc1ccccc1CNCc1cc(Br)c(OCc2ccc(Cl)cc2Cl)c(OC)c1. The van der Waals surface area contributed by atoms with E-state index in [2.05, 4.69) is 21.2 Å². The molecule has 0 amide bonds. The Bertz CT molecular complexity index is 1010. The molecule has 0 aliphatic rings. The van der Waals surface area contributed by atoms with Crippen molar-refractivity contribution in [3.63, 3.8) is 0 Å². The Morgan fingerprint density at radius 2 is 1.63 bits per heavy atom. The van der Waals surface area contributed by atoms with Crippen LogP contribution in [0.3, 0.4) is 0 Å². The summed E-state index contributed by atoms with van der Waals surface area (Å²) < 4.78 is 17.7. The van der Waals surface area contributed by atoms with Gasteiger partial charge in [0.25, 0.3) is 0 Å². The minimum Gasteiger partial charge on any atom is -0.496 e. The Morgan fingerprint density at radius 1 is 0.867 bits per heavy atom. The summed E-state index contributed by atoms with van der Waals surface area (Å²) >= 11 is 15.8. The minimum absolute atomic E-state index is 0.302. The minimum atomic E-state index is 0.302. The van der Waals surface area contributed by atoms with Gasteiger partial charge < -0.3 is 19.5 Å². The molecule has 0 bridgehead atoms. The molecular formula is C23H22BrCl2NO3. The molecule has 0 aliphatic carbocycles. The molecule has 0 radical (unpaired) electrons. The number of methoxy groups -OCH3 is 2. The lowest BCUT2D eigenvalue weighted by Gasteiger charge is -2.16. The third kappa shape index (κ3) is 5.82. The van der Waals surface area contributed by atoms with E-state index < -0.39 is 0 Å². The molecule has 0 unspecified atom stereocenters. The first-order chi connectivity index (χ1) is 14.5. The van der Waals surface area contributed by atoms with Gasteiger partial charge in [-0.25, -0.2) is 0 Å². The Balaban J connectivity index is 1.67. The highest BCUT2D eigenvalue weighted by molar-refractivity contribution is 9.10. The largest absolute Gasteiger partial charge is 0.496 e. The van der Waals surface area contributed by atoms with Gasteiger partial charge in [0.1, 0.15) is 12.4 Å². The third-order valence-corrected chi connectivity index (χ3v) is 5.69. The Hall–Kier alpha value is -1.92. The molecule has 0 aromatic heterocycles. The lowest BCUT2D eigenvalue weighted by atomic mass is 10.1. The first-order valence-electron chi connectivity index (χ1n) is 9.27. The van der Waals surface area contributed by atoms with Crippen molar-refractivity contribution in [3.05, 3.63) is 85.8 Å². The molecule has 0 aliphatic heterocycles. The van der Waals surface area contributed by atoms with E-state index in [1.165, 1.54) is 0 Å². The van der Waals surface area contributed by atoms with Gasteiger partial charge in [0.2, 0.25) is 0 Å². The Morgan fingerprint density at radius 3 is 2.37 bits per heavy atom. The maximum Gasteiger partial charge on any atom is 0.175 e. The number of halogens is 3. The second-order valence-electron chi connectivity index (χ2n) is 6.55. The van der Waals surface area contributed by atoms with Crippen LogP contribution in [0, 0.1) is 0 Å². The highest BCUT2D eigenvalue weighted by Gasteiger charge is 2.13. The zero-order valence-electron chi connectivity index (χ0n) is 16.7. The fraction of sp³-hybridized carbons (Fsp3) is 0.217. The van der Waals surface area contributed by atoms with Gasteiger partial charge in [0.05, 0.1) is 18.7 Å². The van der Waals surface area contributed by atoms with E-state index in [0.29, 0.717) is 41.2 Å². The maximum absolute atomic E-state index is 6.24. The van der Waals surface area contributed by atoms with E-state index in [1.807, 2.05) is 42.5 Å². The number of para-hydroxylation sites is 1. The number of benzene rings is 3. The molecule has 0 fully saturated rings. The molecule has 0 spiro atoms. The van der Waals surface area contributed by atoms with Crippen LogP contribution in [0.5, 0.6) is 17.2 Å². The monoisotopic (exact) mass is 509 g/mol. The number of hydrogen-bond acceptors (Lipinski definition) is 4. The molecule has 7 heteroatoms. The van der Waals surface area contributed by atoms with Gasteiger partial charge in [0.15, 0.2) is 11.5 Å². The standard InChI is InChI=1S/C23H22BrCl2NO3/c1-28-21-6-4-3-5-16(21)13-27-12-15-9-19(24)23(22(10-15)29-2)30-14-17-7-8-18(25)11-20(17)26/h3-11,27H,12-14H2,1-2H3. The second-order valence-corrected chi connectivity index (χ2v) is 8.25. The lowest BCUT2D eigenvalue weighted by Crippen LogP contribution is -2.13. The lowest BCUT2D eigenvalue weighted by molar-refractivity contribution is 0.282. The maximum atomic E-state index is 6.24. The van der Waals surface area contributed by atoms with Crippen LogP contribution in [0.2, 0.25) is 10.0 Å². The predicted molar refractivity (Wildman–Crippen MR) is 125 cm³/mol. The zero-order chi connectivity index (χ0) is 21.5. The van der Waals surface area contributed by atoms with Crippen molar-refractivity contribution in [1.29, 1.82) is 0 Å². The van der Waals surface area contributed by atoms with Gasteiger partial charge in [-0.15, -0.1) is 0 Å². The highest BCUT2D eigenvalue weighted by Crippen LogP contribution is 2.37. The van der Waals surface area contributed by atoms with Crippen molar-refractivity contribution in [3.8, 4) is 17.2 Å². The van der Waals surface area contributed by atoms with Gasteiger partial charge in [-0.2, -0.15) is 0 Å². The molecule has 4 nitrogen and oxygen atoms in total. The average Bonchev–Trinajstić information content (AvgIpc) is 2.74. The summed E-state index contributed by atoms with van der Waals surface area (Å²) in [6, 6.07) is 17.3. The number of nitrogens with one attached hydrogen (secondary N) is 1. The van der Waals surface area contributed by atoms with E-state index in [-0.39, 0.29) is 0 Å². The van der Waals surface area contributed by atoms with Crippen LogP contribution in [0.1, 0.15) is 16.7 Å². The second kappa shape index (κ2) is 10.9. The van der Waals surface area contributed by atoms with Gasteiger partial charge in [0, 0.05) is 34.3 Å². The summed E-state index contributed by atoms with van der Waals surface area (Å²) in [5, 5.41) is 4.59.